The first kappa shape index (κ1) is 24.8. The summed E-state index contributed by atoms with van der Waals surface area (Å²) < 4.78 is 16.8. The molecule has 5 rings (SSSR count). The lowest BCUT2D eigenvalue weighted by Crippen LogP contribution is -2.10. The Labute approximate surface area is 223 Å². The smallest absolute Gasteiger partial charge is 0.119 e. The lowest BCUT2D eigenvalue weighted by Gasteiger charge is -2.26. The molecule has 0 unspecified atom stereocenters. The van der Waals surface area contributed by atoms with Crippen molar-refractivity contribution in [2.75, 3.05) is 19.1 Å². The van der Waals surface area contributed by atoms with Gasteiger partial charge in [0.25, 0.3) is 0 Å². The van der Waals surface area contributed by atoms with Crippen LogP contribution in [0, 0.1) is 6.92 Å². The third kappa shape index (κ3) is 5.76. The van der Waals surface area contributed by atoms with Crippen molar-refractivity contribution in [1.29, 1.82) is 0 Å². The highest BCUT2D eigenvalue weighted by molar-refractivity contribution is 5.77. The van der Waals surface area contributed by atoms with Gasteiger partial charge in [-0.25, -0.2) is 0 Å². The van der Waals surface area contributed by atoms with Crippen molar-refractivity contribution in [1.82, 2.24) is 9.97 Å². The summed E-state index contributed by atoms with van der Waals surface area (Å²) in [5.41, 5.74) is 6.90. The third-order valence-corrected chi connectivity index (χ3v) is 6.16. The van der Waals surface area contributed by atoms with Gasteiger partial charge in [0.2, 0.25) is 0 Å². The molecule has 0 radical (unpaired) electrons. The van der Waals surface area contributed by atoms with Gasteiger partial charge >= 0.3 is 0 Å². The molecule has 0 aliphatic heterocycles. The van der Waals surface area contributed by atoms with Crippen molar-refractivity contribution in [3.63, 3.8) is 0 Å². The van der Waals surface area contributed by atoms with Crippen LogP contribution in [0.25, 0.3) is 11.4 Å². The van der Waals surface area contributed by atoms with E-state index in [0.717, 1.165) is 56.8 Å². The number of pyridine rings is 2. The van der Waals surface area contributed by atoms with Crippen LogP contribution in [-0.2, 0) is 6.61 Å². The molecule has 0 saturated heterocycles. The van der Waals surface area contributed by atoms with Crippen LogP contribution in [0.4, 0.5) is 17.1 Å². The monoisotopic (exact) mass is 503 g/mol. The molecule has 0 bridgehead atoms. The Balaban J connectivity index is 1.35. The van der Waals surface area contributed by atoms with Gasteiger partial charge in [0.1, 0.15) is 23.9 Å². The van der Waals surface area contributed by atoms with Crippen molar-refractivity contribution < 1.29 is 14.2 Å². The predicted octanol–water partition coefficient (Wildman–Crippen LogP) is 7.52. The fourth-order valence-corrected chi connectivity index (χ4v) is 4.15. The van der Waals surface area contributed by atoms with Gasteiger partial charge in [0.05, 0.1) is 25.6 Å². The molecular formula is C32H29N3O3. The zero-order valence-corrected chi connectivity index (χ0v) is 21.7. The lowest BCUT2D eigenvalue weighted by molar-refractivity contribution is 0.306. The van der Waals surface area contributed by atoms with Crippen molar-refractivity contribution in [3.8, 4) is 28.6 Å². The molecule has 0 saturated carbocycles. The molecule has 38 heavy (non-hydrogen) atoms. The van der Waals surface area contributed by atoms with Crippen LogP contribution < -0.4 is 19.1 Å². The molecule has 0 atom stereocenters. The summed E-state index contributed by atoms with van der Waals surface area (Å²) in [6.45, 7) is 2.48. The molecule has 0 spiro atoms. The topological polar surface area (TPSA) is 56.7 Å². The van der Waals surface area contributed by atoms with Crippen LogP contribution in [0.5, 0.6) is 17.2 Å². The zero-order chi connectivity index (χ0) is 26.3. The number of rotatable bonds is 9. The van der Waals surface area contributed by atoms with Gasteiger partial charge in [0.15, 0.2) is 0 Å². The molecule has 0 amide bonds. The Morgan fingerprint density at radius 3 is 1.55 bits per heavy atom. The molecule has 0 aliphatic rings. The zero-order valence-electron chi connectivity index (χ0n) is 21.7. The van der Waals surface area contributed by atoms with E-state index in [1.807, 2.05) is 91.9 Å². The first-order valence-electron chi connectivity index (χ1n) is 12.3. The van der Waals surface area contributed by atoms with E-state index in [9.17, 15) is 0 Å². The fourth-order valence-electron chi connectivity index (χ4n) is 4.15. The van der Waals surface area contributed by atoms with Crippen molar-refractivity contribution in [2.24, 2.45) is 0 Å². The number of nitrogens with zero attached hydrogens (tertiary/aromatic N) is 3. The molecule has 3 aromatic carbocycles. The van der Waals surface area contributed by atoms with E-state index >= 15 is 0 Å². The molecule has 6 heteroatoms. The van der Waals surface area contributed by atoms with Gasteiger partial charge in [-0.3, -0.25) is 9.97 Å². The summed E-state index contributed by atoms with van der Waals surface area (Å²) >= 11 is 0. The van der Waals surface area contributed by atoms with Crippen LogP contribution >= 0.6 is 0 Å². The second-order valence-electron chi connectivity index (χ2n) is 8.78. The number of methoxy groups -OCH3 is 2. The minimum atomic E-state index is 0.432. The summed E-state index contributed by atoms with van der Waals surface area (Å²) in [7, 11) is 3.34. The normalized spacial score (nSPS) is 10.6. The van der Waals surface area contributed by atoms with Gasteiger partial charge in [0, 0.05) is 29.5 Å². The number of aromatic nitrogens is 2. The summed E-state index contributed by atoms with van der Waals surface area (Å²) in [6.07, 6.45) is 3.60. The summed E-state index contributed by atoms with van der Waals surface area (Å²) in [5.74, 6) is 2.40. The van der Waals surface area contributed by atoms with Crippen LogP contribution in [0.3, 0.4) is 0 Å². The average Bonchev–Trinajstić information content (AvgIpc) is 2.98. The highest BCUT2D eigenvalue weighted by Crippen LogP contribution is 2.36. The van der Waals surface area contributed by atoms with E-state index < -0.39 is 0 Å². The minimum Gasteiger partial charge on any atom is -0.497 e. The lowest BCUT2D eigenvalue weighted by atomic mass is 10.1. The Morgan fingerprint density at radius 2 is 1.05 bits per heavy atom. The van der Waals surface area contributed by atoms with E-state index in [0.29, 0.717) is 6.61 Å². The number of hydrogen-bond donors (Lipinski definition) is 0. The maximum absolute atomic E-state index is 6.11. The Morgan fingerprint density at radius 1 is 0.579 bits per heavy atom. The fraction of sp³-hybridized carbons (Fsp3) is 0.125. The molecule has 190 valence electrons. The van der Waals surface area contributed by atoms with Crippen LogP contribution in [0.2, 0.25) is 0 Å². The summed E-state index contributed by atoms with van der Waals surface area (Å²) in [6, 6.07) is 32.1. The highest BCUT2D eigenvalue weighted by Gasteiger charge is 2.13. The van der Waals surface area contributed by atoms with Crippen molar-refractivity contribution in [3.05, 3.63) is 121 Å². The highest BCUT2D eigenvalue weighted by atomic mass is 16.5. The van der Waals surface area contributed by atoms with Crippen LogP contribution in [0.15, 0.2) is 109 Å². The number of anilines is 3. The Hall–Kier alpha value is -4.84. The second kappa shape index (κ2) is 11.5. The van der Waals surface area contributed by atoms with Gasteiger partial charge < -0.3 is 19.1 Å². The Kier molecular flexibility index (Phi) is 7.50. The first-order valence-corrected chi connectivity index (χ1v) is 12.3. The first-order chi connectivity index (χ1) is 18.6. The predicted molar refractivity (Wildman–Crippen MR) is 151 cm³/mol. The third-order valence-electron chi connectivity index (χ3n) is 6.16. The van der Waals surface area contributed by atoms with Gasteiger partial charge in [-0.2, -0.15) is 0 Å². The number of aryl methyl sites for hydroxylation is 1. The van der Waals surface area contributed by atoms with E-state index in [1.54, 1.807) is 26.6 Å². The molecular weight excluding hydrogens is 474 g/mol. The second-order valence-corrected chi connectivity index (χ2v) is 8.78. The maximum atomic E-state index is 6.11. The molecule has 0 fully saturated rings. The minimum absolute atomic E-state index is 0.432. The largest absolute Gasteiger partial charge is 0.497 e. The van der Waals surface area contributed by atoms with Gasteiger partial charge in [-0.05, 0) is 115 Å². The van der Waals surface area contributed by atoms with Gasteiger partial charge in [-0.15, -0.1) is 0 Å². The number of benzene rings is 3. The van der Waals surface area contributed by atoms with E-state index in [4.69, 9.17) is 14.2 Å². The number of ether oxygens (including phenoxy) is 3. The molecule has 0 N–H and O–H groups in total. The molecule has 5 aromatic rings. The quantitative estimate of drug-likeness (QED) is 0.207. The molecule has 2 heterocycles. The van der Waals surface area contributed by atoms with E-state index in [2.05, 4.69) is 27.0 Å². The van der Waals surface area contributed by atoms with Crippen LogP contribution in [-0.4, -0.2) is 24.2 Å². The van der Waals surface area contributed by atoms with E-state index in [1.165, 1.54) is 0 Å². The SMILES string of the molecule is COc1ccc(N(c2ccc(OC)cc2)c2ccc(OCc3ccnc(-c4cc(C)ccn4)c3)cc2)cc1. The number of hydrogen-bond acceptors (Lipinski definition) is 6. The maximum Gasteiger partial charge on any atom is 0.119 e. The van der Waals surface area contributed by atoms with Crippen LogP contribution in [0.1, 0.15) is 11.1 Å². The van der Waals surface area contributed by atoms with Gasteiger partial charge in [-0.1, -0.05) is 0 Å². The molecule has 2 aromatic heterocycles. The Bertz CT molecular complexity index is 1440. The molecule has 0 aliphatic carbocycles. The van der Waals surface area contributed by atoms with E-state index in [-0.39, 0.29) is 0 Å². The summed E-state index contributed by atoms with van der Waals surface area (Å²) in [5, 5.41) is 0. The summed E-state index contributed by atoms with van der Waals surface area (Å²) in [4.78, 5) is 11.1. The van der Waals surface area contributed by atoms with Crippen molar-refractivity contribution >= 4 is 17.1 Å². The standard InChI is InChI=1S/C32H29N3O3/c1-23-16-18-33-31(20-23)32-21-24(17-19-34-32)22-38-30-14-8-27(9-15-30)35(25-4-10-28(36-2)11-5-25)26-6-12-29(37-3)13-7-26/h4-21H,22H2,1-3H3. The average molecular weight is 504 g/mol. The van der Waals surface area contributed by atoms with Crippen molar-refractivity contribution in [2.45, 2.75) is 13.5 Å². The molecule has 6 nitrogen and oxygen atoms in total.